The Labute approximate surface area is 119 Å². The molecule has 0 saturated carbocycles. The number of hydrogen-bond donors (Lipinski definition) is 0. The van der Waals surface area contributed by atoms with E-state index in [0.29, 0.717) is 30.2 Å². The molecule has 1 aromatic rings. The first-order chi connectivity index (χ1) is 9.65. The van der Waals surface area contributed by atoms with Crippen LogP contribution in [0.25, 0.3) is 0 Å². The van der Waals surface area contributed by atoms with Gasteiger partial charge in [0.25, 0.3) is 5.95 Å². The molecule has 0 spiro atoms. The maximum Gasteiger partial charge on any atom is 0.266 e. The molecular formula is C14H22N4O2. The Kier molecular flexibility index (Phi) is 3.63. The average Bonchev–Trinajstić information content (AvgIpc) is 3.07. The molecule has 2 saturated heterocycles. The summed E-state index contributed by atoms with van der Waals surface area (Å²) in [6, 6.07) is 0.305. The largest absolute Gasteiger partial charge is 0.338 e. The summed E-state index contributed by atoms with van der Waals surface area (Å²) in [5.74, 6) is 1.90. The Morgan fingerprint density at radius 2 is 2.15 bits per heavy atom. The van der Waals surface area contributed by atoms with Crippen molar-refractivity contribution in [1.82, 2.24) is 15.0 Å². The van der Waals surface area contributed by atoms with Gasteiger partial charge in [0.05, 0.1) is 0 Å². The third-order valence-corrected chi connectivity index (χ3v) is 4.16. The van der Waals surface area contributed by atoms with Crippen LogP contribution >= 0.6 is 0 Å². The standard InChI is InChI=1S/C14H22N4O2/c1-10(2)13-15-14(16-20-13)17-7-3-5-11(9-17)18-8-4-6-12(18)19/h10-11H,3-9H2,1-2H3. The molecule has 2 aliphatic rings. The molecule has 0 bridgehead atoms. The van der Waals surface area contributed by atoms with Gasteiger partial charge in [-0.15, -0.1) is 0 Å². The minimum atomic E-state index is 0.247. The van der Waals surface area contributed by atoms with Gasteiger partial charge in [-0.2, -0.15) is 4.98 Å². The lowest BCUT2D eigenvalue weighted by Gasteiger charge is -2.36. The van der Waals surface area contributed by atoms with Crippen LogP contribution in [-0.4, -0.2) is 46.6 Å². The van der Waals surface area contributed by atoms with Gasteiger partial charge in [-0.05, 0) is 24.4 Å². The van der Waals surface area contributed by atoms with E-state index in [4.69, 9.17) is 4.52 Å². The minimum absolute atomic E-state index is 0.247. The summed E-state index contributed by atoms with van der Waals surface area (Å²) in [7, 11) is 0. The van der Waals surface area contributed by atoms with E-state index in [2.05, 4.69) is 15.0 Å². The zero-order valence-electron chi connectivity index (χ0n) is 12.2. The molecule has 3 rings (SSSR count). The second kappa shape index (κ2) is 5.42. The smallest absolute Gasteiger partial charge is 0.266 e. The predicted octanol–water partition coefficient (Wildman–Crippen LogP) is 1.78. The van der Waals surface area contributed by atoms with E-state index in [1.54, 1.807) is 0 Å². The van der Waals surface area contributed by atoms with Crippen LogP contribution in [0.5, 0.6) is 0 Å². The quantitative estimate of drug-likeness (QED) is 0.843. The van der Waals surface area contributed by atoms with Gasteiger partial charge in [-0.3, -0.25) is 4.79 Å². The van der Waals surface area contributed by atoms with Crippen LogP contribution in [0.1, 0.15) is 51.3 Å². The molecule has 1 unspecified atom stereocenters. The lowest BCUT2D eigenvalue weighted by Crippen LogP contribution is -2.48. The zero-order valence-corrected chi connectivity index (χ0v) is 12.2. The van der Waals surface area contributed by atoms with Gasteiger partial charge in [-0.25, -0.2) is 0 Å². The number of piperidine rings is 1. The molecule has 6 heteroatoms. The Hall–Kier alpha value is -1.59. The summed E-state index contributed by atoms with van der Waals surface area (Å²) in [5, 5.41) is 4.08. The normalized spacial score (nSPS) is 23.9. The first-order valence-corrected chi connectivity index (χ1v) is 7.53. The van der Waals surface area contributed by atoms with Crippen LogP contribution in [0.3, 0.4) is 0 Å². The van der Waals surface area contributed by atoms with Crippen molar-refractivity contribution < 1.29 is 9.32 Å². The summed E-state index contributed by atoms with van der Waals surface area (Å²) in [4.78, 5) is 20.5. The fourth-order valence-corrected chi connectivity index (χ4v) is 3.04. The molecule has 0 aromatic carbocycles. The van der Waals surface area contributed by atoms with Crippen molar-refractivity contribution in [1.29, 1.82) is 0 Å². The molecule has 110 valence electrons. The number of carbonyl (C=O) groups excluding carboxylic acids is 1. The summed E-state index contributed by atoms with van der Waals surface area (Å²) in [6.45, 7) is 6.75. The van der Waals surface area contributed by atoms with Crippen molar-refractivity contribution in [3.05, 3.63) is 5.89 Å². The summed E-state index contributed by atoms with van der Waals surface area (Å²) < 4.78 is 5.28. The highest BCUT2D eigenvalue weighted by atomic mass is 16.5. The predicted molar refractivity (Wildman–Crippen MR) is 74.6 cm³/mol. The number of anilines is 1. The second-order valence-corrected chi connectivity index (χ2v) is 6.02. The third kappa shape index (κ3) is 2.51. The first-order valence-electron chi connectivity index (χ1n) is 7.53. The number of nitrogens with zero attached hydrogens (tertiary/aromatic N) is 4. The van der Waals surface area contributed by atoms with Crippen LogP contribution < -0.4 is 4.90 Å². The molecule has 2 aliphatic heterocycles. The molecule has 6 nitrogen and oxygen atoms in total. The Balaban J connectivity index is 1.69. The summed E-state index contributed by atoms with van der Waals surface area (Å²) in [6.07, 6.45) is 3.85. The first kappa shape index (κ1) is 13.4. The van der Waals surface area contributed by atoms with Gasteiger partial charge >= 0.3 is 0 Å². The molecule has 3 heterocycles. The lowest BCUT2D eigenvalue weighted by atomic mass is 10.0. The van der Waals surface area contributed by atoms with Crippen LogP contribution in [0.15, 0.2) is 4.52 Å². The van der Waals surface area contributed by atoms with E-state index >= 15 is 0 Å². The van der Waals surface area contributed by atoms with Crippen molar-refractivity contribution >= 4 is 11.9 Å². The zero-order chi connectivity index (χ0) is 14.1. The number of likely N-dealkylation sites (tertiary alicyclic amines) is 1. The van der Waals surface area contributed by atoms with Crippen molar-refractivity contribution in [3.8, 4) is 0 Å². The van der Waals surface area contributed by atoms with Gasteiger partial charge in [0.15, 0.2) is 0 Å². The lowest BCUT2D eigenvalue weighted by molar-refractivity contribution is -0.129. The SMILES string of the molecule is CC(C)c1nc(N2CCCC(N3CCCC3=O)C2)no1. The highest BCUT2D eigenvalue weighted by Crippen LogP contribution is 2.24. The molecular weight excluding hydrogens is 256 g/mol. The van der Waals surface area contributed by atoms with Gasteiger partial charge in [0.1, 0.15) is 0 Å². The van der Waals surface area contributed by atoms with Crippen molar-refractivity contribution in [2.45, 2.75) is 51.5 Å². The van der Waals surface area contributed by atoms with E-state index in [9.17, 15) is 4.79 Å². The number of carbonyl (C=O) groups is 1. The van der Waals surface area contributed by atoms with Crippen LogP contribution in [0.4, 0.5) is 5.95 Å². The molecule has 1 amide bonds. The van der Waals surface area contributed by atoms with E-state index in [1.807, 2.05) is 18.7 Å². The summed E-state index contributed by atoms with van der Waals surface area (Å²) in [5.41, 5.74) is 0. The highest BCUT2D eigenvalue weighted by Gasteiger charge is 2.32. The van der Waals surface area contributed by atoms with E-state index in [1.165, 1.54) is 0 Å². The van der Waals surface area contributed by atoms with Crippen LogP contribution in [-0.2, 0) is 4.79 Å². The Bertz CT molecular complexity index is 485. The molecule has 0 aliphatic carbocycles. The van der Waals surface area contributed by atoms with Crippen molar-refractivity contribution in [3.63, 3.8) is 0 Å². The Morgan fingerprint density at radius 1 is 1.30 bits per heavy atom. The molecule has 0 radical (unpaired) electrons. The number of rotatable bonds is 3. The molecule has 2 fully saturated rings. The van der Waals surface area contributed by atoms with Gasteiger partial charge < -0.3 is 14.3 Å². The maximum atomic E-state index is 11.9. The van der Waals surface area contributed by atoms with Crippen molar-refractivity contribution in [2.24, 2.45) is 0 Å². The average molecular weight is 278 g/mol. The van der Waals surface area contributed by atoms with E-state index < -0.39 is 0 Å². The fraction of sp³-hybridized carbons (Fsp3) is 0.786. The number of amides is 1. The van der Waals surface area contributed by atoms with Gasteiger partial charge in [0.2, 0.25) is 11.8 Å². The Morgan fingerprint density at radius 3 is 2.80 bits per heavy atom. The topological polar surface area (TPSA) is 62.5 Å². The molecule has 1 aromatic heterocycles. The van der Waals surface area contributed by atoms with E-state index in [0.717, 1.165) is 38.9 Å². The second-order valence-electron chi connectivity index (χ2n) is 6.02. The minimum Gasteiger partial charge on any atom is -0.338 e. The summed E-state index contributed by atoms with van der Waals surface area (Å²) >= 11 is 0. The molecule has 0 N–H and O–H groups in total. The fourth-order valence-electron chi connectivity index (χ4n) is 3.04. The van der Waals surface area contributed by atoms with Crippen LogP contribution in [0, 0.1) is 0 Å². The van der Waals surface area contributed by atoms with E-state index in [-0.39, 0.29) is 5.92 Å². The molecule has 1 atom stereocenters. The highest BCUT2D eigenvalue weighted by molar-refractivity contribution is 5.78. The van der Waals surface area contributed by atoms with Gasteiger partial charge in [0, 0.05) is 38.0 Å². The third-order valence-electron chi connectivity index (χ3n) is 4.16. The number of aromatic nitrogens is 2. The van der Waals surface area contributed by atoms with Crippen LogP contribution in [0.2, 0.25) is 0 Å². The number of hydrogen-bond acceptors (Lipinski definition) is 5. The molecule has 20 heavy (non-hydrogen) atoms. The van der Waals surface area contributed by atoms with Crippen molar-refractivity contribution in [2.75, 3.05) is 24.5 Å². The van der Waals surface area contributed by atoms with Gasteiger partial charge in [-0.1, -0.05) is 13.8 Å². The maximum absolute atomic E-state index is 11.9. The monoisotopic (exact) mass is 278 g/mol.